The number of pyridine rings is 1. The van der Waals surface area contributed by atoms with Crippen molar-refractivity contribution in [3.63, 3.8) is 0 Å². The first kappa shape index (κ1) is 15.7. The molecule has 3 rings (SSSR count). The third kappa shape index (κ3) is 3.27. The van der Waals surface area contributed by atoms with E-state index < -0.39 is 0 Å². The van der Waals surface area contributed by atoms with Gasteiger partial charge in [0.1, 0.15) is 0 Å². The Kier molecular flexibility index (Phi) is 4.71. The summed E-state index contributed by atoms with van der Waals surface area (Å²) in [6.07, 6.45) is 8.28. The van der Waals surface area contributed by atoms with Gasteiger partial charge in [0.25, 0.3) is 5.91 Å². The lowest BCUT2D eigenvalue weighted by molar-refractivity contribution is 0.0929. The van der Waals surface area contributed by atoms with Crippen LogP contribution in [-0.2, 0) is 6.54 Å². The van der Waals surface area contributed by atoms with E-state index in [4.69, 9.17) is 0 Å². The summed E-state index contributed by atoms with van der Waals surface area (Å²) in [5, 5.41) is 3.05. The summed E-state index contributed by atoms with van der Waals surface area (Å²) >= 11 is 0. The van der Waals surface area contributed by atoms with Gasteiger partial charge in [-0.2, -0.15) is 0 Å². The van der Waals surface area contributed by atoms with E-state index in [1.807, 2.05) is 30.0 Å². The van der Waals surface area contributed by atoms with Crippen LogP contribution >= 0.6 is 0 Å². The fourth-order valence-electron chi connectivity index (χ4n) is 3.39. The van der Waals surface area contributed by atoms with Crippen molar-refractivity contribution in [2.24, 2.45) is 5.92 Å². The molecule has 0 aromatic carbocycles. The molecule has 3 heterocycles. The zero-order chi connectivity index (χ0) is 16.2. The van der Waals surface area contributed by atoms with Crippen molar-refractivity contribution in [1.82, 2.24) is 24.8 Å². The highest BCUT2D eigenvalue weighted by molar-refractivity contribution is 5.90. The van der Waals surface area contributed by atoms with Crippen LogP contribution in [0.1, 0.15) is 35.6 Å². The summed E-state index contributed by atoms with van der Waals surface area (Å²) in [4.78, 5) is 23.1. The lowest BCUT2D eigenvalue weighted by Gasteiger charge is -2.25. The molecule has 0 spiro atoms. The van der Waals surface area contributed by atoms with Crippen LogP contribution in [0.3, 0.4) is 0 Å². The van der Waals surface area contributed by atoms with Gasteiger partial charge < -0.3 is 9.88 Å². The monoisotopic (exact) mass is 313 g/mol. The summed E-state index contributed by atoms with van der Waals surface area (Å²) in [6.45, 7) is 4.43. The molecule has 6 heteroatoms. The van der Waals surface area contributed by atoms with Crippen molar-refractivity contribution in [1.29, 1.82) is 0 Å². The molecule has 1 N–H and O–H groups in total. The Bertz CT molecular complexity index is 654. The van der Waals surface area contributed by atoms with Crippen LogP contribution in [0, 0.1) is 5.92 Å². The van der Waals surface area contributed by atoms with Gasteiger partial charge in [-0.15, -0.1) is 0 Å². The van der Waals surface area contributed by atoms with Crippen molar-refractivity contribution in [2.45, 2.75) is 25.9 Å². The first-order valence-corrected chi connectivity index (χ1v) is 8.10. The van der Waals surface area contributed by atoms with E-state index in [1.54, 1.807) is 12.4 Å². The summed E-state index contributed by atoms with van der Waals surface area (Å²) in [7, 11) is 2.13. The molecule has 23 heavy (non-hydrogen) atoms. The molecule has 0 unspecified atom stereocenters. The van der Waals surface area contributed by atoms with Gasteiger partial charge in [-0.05, 0) is 44.5 Å². The standard InChI is InChI=1S/C17H23N5O/c1-3-22-10-8-19-16(22)17(23)20-12-14-6-9-21(2)15(14)13-5-4-7-18-11-13/h4-5,7-8,10-11,14-15H,3,6,9,12H2,1-2H3,(H,20,23)/t14-,15-/m0/s1. The van der Waals surface area contributed by atoms with Gasteiger partial charge in [0, 0.05) is 43.9 Å². The maximum absolute atomic E-state index is 12.3. The van der Waals surface area contributed by atoms with E-state index in [0.29, 0.717) is 24.3 Å². The van der Waals surface area contributed by atoms with Gasteiger partial charge in [-0.25, -0.2) is 4.98 Å². The molecule has 2 atom stereocenters. The van der Waals surface area contributed by atoms with Gasteiger partial charge in [-0.3, -0.25) is 14.7 Å². The average Bonchev–Trinajstić information content (AvgIpc) is 3.19. The van der Waals surface area contributed by atoms with Gasteiger partial charge in [0.15, 0.2) is 5.82 Å². The van der Waals surface area contributed by atoms with Crippen LogP contribution < -0.4 is 5.32 Å². The molecule has 0 bridgehead atoms. The van der Waals surface area contributed by atoms with Crippen molar-refractivity contribution in [3.8, 4) is 0 Å². The van der Waals surface area contributed by atoms with Crippen LogP contribution in [0.15, 0.2) is 36.9 Å². The molecule has 1 saturated heterocycles. The highest BCUT2D eigenvalue weighted by atomic mass is 16.2. The molecular formula is C17H23N5O. The zero-order valence-electron chi connectivity index (χ0n) is 13.6. The quantitative estimate of drug-likeness (QED) is 0.913. The SMILES string of the molecule is CCn1ccnc1C(=O)NC[C@@H]1CCN(C)[C@H]1c1cccnc1. The number of amides is 1. The summed E-state index contributed by atoms with van der Waals surface area (Å²) < 4.78 is 1.86. The fourth-order valence-corrected chi connectivity index (χ4v) is 3.39. The predicted molar refractivity (Wildman–Crippen MR) is 87.9 cm³/mol. The Morgan fingerprint density at radius 3 is 3.04 bits per heavy atom. The summed E-state index contributed by atoms with van der Waals surface area (Å²) in [6, 6.07) is 4.38. The van der Waals surface area contributed by atoms with E-state index in [-0.39, 0.29) is 5.91 Å². The Labute approximate surface area is 136 Å². The normalized spacial score (nSPS) is 21.5. The molecule has 122 valence electrons. The number of aryl methyl sites for hydroxylation is 1. The minimum atomic E-state index is -0.101. The summed E-state index contributed by atoms with van der Waals surface area (Å²) in [5.41, 5.74) is 1.21. The largest absolute Gasteiger partial charge is 0.349 e. The van der Waals surface area contributed by atoms with E-state index in [1.165, 1.54) is 5.56 Å². The predicted octanol–water partition coefficient (Wildman–Crippen LogP) is 1.72. The molecule has 1 fully saturated rings. The minimum Gasteiger partial charge on any atom is -0.349 e. The number of hydrogen-bond donors (Lipinski definition) is 1. The lowest BCUT2D eigenvalue weighted by Crippen LogP contribution is -2.33. The van der Waals surface area contributed by atoms with Gasteiger partial charge in [0.05, 0.1) is 0 Å². The van der Waals surface area contributed by atoms with Crippen molar-refractivity contribution in [2.75, 3.05) is 20.1 Å². The van der Waals surface area contributed by atoms with Crippen molar-refractivity contribution >= 4 is 5.91 Å². The Balaban J connectivity index is 1.66. The summed E-state index contributed by atoms with van der Waals surface area (Å²) in [5.74, 6) is 0.770. The third-order valence-corrected chi connectivity index (χ3v) is 4.58. The lowest BCUT2D eigenvalue weighted by atomic mass is 9.95. The Hall–Kier alpha value is -2.21. The maximum Gasteiger partial charge on any atom is 0.287 e. The Morgan fingerprint density at radius 2 is 2.30 bits per heavy atom. The van der Waals surface area contributed by atoms with Gasteiger partial charge in [0.2, 0.25) is 0 Å². The molecule has 2 aromatic heterocycles. The van der Waals surface area contributed by atoms with Gasteiger partial charge >= 0.3 is 0 Å². The molecule has 2 aromatic rings. The van der Waals surface area contributed by atoms with E-state index >= 15 is 0 Å². The maximum atomic E-state index is 12.3. The minimum absolute atomic E-state index is 0.101. The molecule has 1 amide bonds. The number of hydrogen-bond acceptors (Lipinski definition) is 4. The molecule has 0 radical (unpaired) electrons. The van der Waals surface area contributed by atoms with E-state index in [0.717, 1.165) is 19.5 Å². The molecular weight excluding hydrogens is 290 g/mol. The van der Waals surface area contributed by atoms with Crippen LogP contribution in [-0.4, -0.2) is 45.5 Å². The van der Waals surface area contributed by atoms with Gasteiger partial charge in [-0.1, -0.05) is 6.07 Å². The van der Waals surface area contributed by atoms with Crippen LogP contribution in [0.4, 0.5) is 0 Å². The van der Waals surface area contributed by atoms with E-state index in [2.05, 4.69) is 33.3 Å². The van der Waals surface area contributed by atoms with E-state index in [9.17, 15) is 4.79 Å². The molecule has 0 saturated carbocycles. The second-order valence-corrected chi connectivity index (χ2v) is 6.01. The van der Waals surface area contributed by atoms with Crippen molar-refractivity contribution < 1.29 is 4.79 Å². The first-order valence-electron chi connectivity index (χ1n) is 8.10. The molecule has 1 aliphatic heterocycles. The molecule has 6 nitrogen and oxygen atoms in total. The highest BCUT2D eigenvalue weighted by Crippen LogP contribution is 2.35. The smallest absolute Gasteiger partial charge is 0.287 e. The topological polar surface area (TPSA) is 63.1 Å². The van der Waals surface area contributed by atoms with Crippen LogP contribution in [0.25, 0.3) is 0 Å². The number of likely N-dealkylation sites (tertiary alicyclic amines) is 1. The highest BCUT2D eigenvalue weighted by Gasteiger charge is 2.33. The number of carbonyl (C=O) groups excluding carboxylic acids is 1. The number of aromatic nitrogens is 3. The second-order valence-electron chi connectivity index (χ2n) is 6.01. The van der Waals surface area contributed by atoms with Crippen LogP contribution in [0.2, 0.25) is 0 Å². The number of imidazole rings is 1. The van der Waals surface area contributed by atoms with Crippen LogP contribution in [0.5, 0.6) is 0 Å². The number of nitrogens with one attached hydrogen (secondary N) is 1. The third-order valence-electron chi connectivity index (χ3n) is 4.58. The number of nitrogens with zero attached hydrogens (tertiary/aromatic N) is 4. The first-order chi connectivity index (χ1) is 11.2. The number of rotatable bonds is 5. The number of carbonyl (C=O) groups is 1. The Morgan fingerprint density at radius 1 is 1.43 bits per heavy atom. The second kappa shape index (κ2) is 6.91. The molecule has 0 aliphatic carbocycles. The average molecular weight is 313 g/mol. The zero-order valence-corrected chi connectivity index (χ0v) is 13.6. The molecule has 1 aliphatic rings. The fraction of sp³-hybridized carbons (Fsp3) is 0.471. The van der Waals surface area contributed by atoms with Crippen molar-refractivity contribution in [3.05, 3.63) is 48.3 Å².